The maximum Gasteiger partial charge on any atom is 0.527 e. The highest BCUT2D eigenvalue weighted by Gasteiger charge is 2.56. The number of rotatable bonds is 2. The fraction of sp³-hybridized carbons (Fsp3) is 0.111. The lowest BCUT2D eigenvalue weighted by atomic mass is 9.69. The highest BCUT2D eigenvalue weighted by atomic mass is 31.2. The van der Waals surface area contributed by atoms with Crippen LogP contribution in [0, 0.1) is 0 Å². The lowest BCUT2D eigenvalue weighted by Crippen LogP contribution is -2.63. The van der Waals surface area contributed by atoms with Crippen molar-refractivity contribution in [3.8, 4) is 11.5 Å². The fourth-order valence-corrected chi connectivity index (χ4v) is 9.94. The minimum absolute atomic E-state index is 0.0644. The molecule has 1 unspecified atom stereocenters. The normalized spacial score (nSPS) is 19.8. The zero-order chi connectivity index (χ0) is 21.6. The van der Waals surface area contributed by atoms with Crippen molar-refractivity contribution in [3.63, 3.8) is 0 Å². The van der Waals surface area contributed by atoms with E-state index in [1.807, 2.05) is 24.3 Å². The van der Waals surface area contributed by atoms with Crippen LogP contribution in [0.1, 0.15) is 6.92 Å². The highest BCUT2D eigenvalue weighted by Crippen LogP contribution is 2.57. The van der Waals surface area contributed by atoms with E-state index >= 15 is 0 Å². The molecular weight excluding hydrogens is 414 g/mol. The maximum atomic E-state index is 6.71. The molecule has 1 atom stereocenters. The van der Waals surface area contributed by atoms with Gasteiger partial charge in [-0.25, -0.2) is 0 Å². The summed E-state index contributed by atoms with van der Waals surface area (Å²) in [5, 5.41) is 3.96. The van der Waals surface area contributed by atoms with Crippen LogP contribution in [0.2, 0.25) is 0 Å². The first-order chi connectivity index (χ1) is 15.7. The standard InChI is InChI=1S/C27H24BO3P/c1-21-20-32(22-12-4-2-5-13-22,23-14-6-3-7-15-23)27-19-11-8-16-24(27)28(29-21)30-25-17-9-10-18-26(25)31-28/h2-19,21H,20H2,1H3. The van der Waals surface area contributed by atoms with Crippen LogP contribution in [0.25, 0.3) is 0 Å². The largest absolute Gasteiger partial charge is 0.653 e. The molecule has 1 spiro atoms. The molecule has 0 N–H and O–H groups in total. The monoisotopic (exact) mass is 438 g/mol. The molecule has 0 bridgehead atoms. The molecule has 158 valence electrons. The predicted molar refractivity (Wildman–Crippen MR) is 134 cm³/mol. The van der Waals surface area contributed by atoms with Gasteiger partial charge < -0.3 is 14.0 Å². The van der Waals surface area contributed by atoms with Crippen LogP contribution in [0.3, 0.4) is 0 Å². The lowest BCUT2D eigenvalue weighted by molar-refractivity contribution is 0.156. The third kappa shape index (κ3) is 2.91. The lowest BCUT2D eigenvalue weighted by Gasteiger charge is -2.36. The van der Waals surface area contributed by atoms with Gasteiger partial charge in [-0.1, -0.05) is 66.7 Å². The van der Waals surface area contributed by atoms with Crippen molar-refractivity contribution < 1.29 is 14.0 Å². The molecule has 4 aromatic rings. The second-order valence-electron chi connectivity index (χ2n) is 8.49. The zero-order valence-corrected chi connectivity index (χ0v) is 18.8. The average molecular weight is 438 g/mol. The van der Waals surface area contributed by atoms with Gasteiger partial charge in [-0.15, -0.1) is 0 Å². The van der Waals surface area contributed by atoms with Crippen LogP contribution in [-0.4, -0.2) is 19.0 Å². The van der Waals surface area contributed by atoms with E-state index in [-0.39, 0.29) is 6.10 Å². The third-order valence-corrected chi connectivity index (χ3v) is 11.1. The number of hydrogen-bond acceptors (Lipinski definition) is 3. The molecule has 0 radical (unpaired) electrons. The van der Waals surface area contributed by atoms with E-state index < -0.39 is 14.0 Å². The second-order valence-corrected chi connectivity index (χ2v) is 12.0. The topological polar surface area (TPSA) is 27.7 Å². The summed E-state index contributed by atoms with van der Waals surface area (Å²) >= 11 is 0. The minimum Gasteiger partial charge on any atom is -0.653 e. The first kappa shape index (κ1) is 19.6. The van der Waals surface area contributed by atoms with Crippen LogP contribution in [0.15, 0.2) is 109 Å². The maximum absolute atomic E-state index is 6.71. The van der Waals surface area contributed by atoms with Crippen molar-refractivity contribution >= 4 is 35.4 Å². The molecule has 0 saturated heterocycles. The third-order valence-electron chi connectivity index (χ3n) is 6.48. The Balaban J connectivity index is 1.65. The Morgan fingerprint density at radius 2 is 1.16 bits per heavy atom. The van der Waals surface area contributed by atoms with E-state index in [0.717, 1.165) is 23.1 Å². The van der Waals surface area contributed by atoms with Crippen molar-refractivity contribution in [2.24, 2.45) is 0 Å². The smallest absolute Gasteiger partial charge is 0.527 e. The van der Waals surface area contributed by atoms with E-state index in [9.17, 15) is 0 Å². The Morgan fingerprint density at radius 3 is 1.75 bits per heavy atom. The van der Waals surface area contributed by atoms with Crippen molar-refractivity contribution in [1.29, 1.82) is 0 Å². The van der Waals surface area contributed by atoms with Gasteiger partial charge in [0, 0.05) is 6.10 Å². The Hall–Kier alpha value is -3.07. The predicted octanol–water partition coefficient (Wildman–Crippen LogP) is 4.02. The highest BCUT2D eigenvalue weighted by molar-refractivity contribution is 7.96. The van der Waals surface area contributed by atoms with Gasteiger partial charge in [0.05, 0.1) is 11.5 Å². The number of fused-ring (bicyclic) bond motifs is 3. The van der Waals surface area contributed by atoms with E-state index in [4.69, 9.17) is 14.0 Å². The van der Waals surface area contributed by atoms with Gasteiger partial charge in [-0.2, -0.15) is 0 Å². The Kier molecular flexibility index (Phi) is 4.60. The molecule has 2 aliphatic rings. The molecule has 4 aromatic carbocycles. The summed E-state index contributed by atoms with van der Waals surface area (Å²) in [4.78, 5) is 0. The van der Waals surface area contributed by atoms with Gasteiger partial charge in [-0.3, -0.25) is 0 Å². The molecule has 5 heteroatoms. The summed E-state index contributed by atoms with van der Waals surface area (Å²) in [5.41, 5.74) is 1.01. The molecule has 0 amide bonds. The first-order valence-corrected chi connectivity index (χ1v) is 13.1. The summed E-state index contributed by atoms with van der Waals surface area (Å²) in [6, 6.07) is 38.2. The summed E-state index contributed by atoms with van der Waals surface area (Å²) in [6.45, 7) is 0.00360. The average Bonchev–Trinajstić information content (AvgIpc) is 3.18. The second kappa shape index (κ2) is 7.51. The van der Waals surface area contributed by atoms with Crippen molar-refractivity contribution in [2.45, 2.75) is 13.0 Å². The van der Waals surface area contributed by atoms with Crippen molar-refractivity contribution in [1.82, 2.24) is 0 Å². The van der Waals surface area contributed by atoms with Gasteiger partial charge in [0.25, 0.3) is 0 Å². The van der Waals surface area contributed by atoms with E-state index in [2.05, 4.69) is 91.9 Å². The molecule has 0 aliphatic carbocycles. The summed E-state index contributed by atoms with van der Waals surface area (Å²) < 4.78 is 19.7. The molecular formula is C27H24BO3P. The van der Waals surface area contributed by atoms with Gasteiger partial charge >= 0.3 is 6.75 Å². The van der Waals surface area contributed by atoms with Crippen LogP contribution >= 0.6 is 7.26 Å². The summed E-state index contributed by atoms with van der Waals surface area (Å²) in [6.07, 6.45) is 0.815. The quantitative estimate of drug-likeness (QED) is 0.350. The minimum atomic E-state index is -2.14. The number of para-hydroxylation sites is 2. The van der Waals surface area contributed by atoms with Gasteiger partial charge in [0.2, 0.25) is 0 Å². The van der Waals surface area contributed by atoms with E-state index in [1.54, 1.807) is 0 Å². The van der Waals surface area contributed by atoms with E-state index in [0.29, 0.717) is 0 Å². The van der Waals surface area contributed by atoms with Gasteiger partial charge in [-0.05, 0) is 54.9 Å². The van der Waals surface area contributed by atoms with Gasteiger partial charge in [0.15, 0.2) is 0 Å². The molecule has 32 heavy (non-hydrogen) atoms. The Labute approximate surface area is 189 Å². The molecule has 0 fully saturated rings. The first-order valence-electron chi connectivity index (χ1n) is 11.1. The van der Waals surface area contributed by atoms with E-state index in [1.165, 1.54) is 15.9 Å². The number of hydrogen-bond donors (Lipinski definition) is 0. The van der Waals surface area contributed by atoms with Crippen LogP contribution in [0.4, 0.5) is 0 Å². The van der Waals surface area contributed by atoms with Crippen LogP contribution in [-0.2, 0) is 4.65 Å². The zero-order valence-electron chi connectivity index (χ0n) is 17.9. The Bertz CT molecular complexity index is 1200. The Morgan fingerprint density at radius 1 is 0.656 bits per heavy atom. The fourth-order valence-electron chi connectivity index (χ4n) is 5.23. The SMILES string of the molecule is CC1C[P+](c2ccccc2)(c2ccccc2)c2ccccc2[B-]2(Oc3ccccc3O2)O1. The number of benzene rings is 4. The van der Waals surface area contributed by atoms with Gasteiger partial charge in [0.1, 0.15) is 29.4 Å². The van der Waals surface area contributed by atoms with Crippen LogP contribution in [0.5, 0.6) is 11.5 Å². The molecule has 0 saturated carbocycles. The van der Waals surface area contributed by atoms with Crippen molar-refractivity contribution in [3.05, 3.63) is 109 Å². The molecule has 2 heterocycles. The summed E-state index contributed by atoms with van der Waals surface area (Å²) in [5.74, 6) is 1.47. The molecule has 0 aromatic heterocycles. The summed E-state index contributed by atoms with van der Waals surface area (Å²) in [7, 11) is -2.03. The molecule has 6 rings (SSSR count). The van der Waals surface area contributed by atoms with Crippen LogP contribution < -0.4 is 30.7 Å². The molecule has 2 aliphatic heterocycles. The molecule has 3 nitrogen and oxygen atoms in total. The van der Waals surface area contributed by atoms with Crippen molar-refractivity contribution in [2.75, 3.05) is 6.16 Å².